The van der Waals surface area contributed by atoms with Crippen molar-refractivity contribution < 1.29 is 9.47 Å². The van der Waals surface area contributed by atoms with Crippen LogP contribution in [0.1, 0.15) is 25.7 Å². The molecule has 2 heteroatoms. The first-order valence-electron chi connectivity index (χ1n) is 6.81. The Hall–Kier alpha value is -1.96. The molecule has 2 nitrogen and oxygen atoms in total. The summed E-state index contributed by atoms with van der Waals surface area (Å²) in [5, 5.41) is 0. The third-order valence-corrected chi connectivity index (χ3v) is 3.36. The second-order valence-electron chi connectivity index (χ2n) is 4.81. The highest BCUT2D eigenvalue weighted by atomic mass is 16.5. The van der Waals surface area contributed by atoms with Crippen LogP contribution in [0.3, 0.4) is 0 Å². The lowest BCUT2D eigenvalue weighted by Gasteiger charge is -2.16. The molecule has 19 heavy (non-hydrogen) atoms. The summed E-state index contributed by atoms with van der Waals surface area (Å²) in [6.07, 6.45) is 5.12. The van der Waals surface area contributed by atoms with E-state index in [1.165, 1.54) is 12.8 Å². The number of benzene rings is 2. The molecule has 0 amide bonds. The van der Waals surface area contributed by atoms with Gasteiger partial charge in [0.15, 0.2) is 11.5 Å². The largest absolute Gasteiger partial charge is 0.486 e. The standard InChI is InChI=1S/C17H17O2/c1-2-8-14(9-3-1)18-16-12-6-7-13-17(16)19-15-10-4-5-11-15/h1-3,6,8-9,12-13,15H,4-5,10-11H2. The maximum Gasteiger partial charge on any atom is 0.169 e. The molecule has 97 valence electrons. The highest BCUT2D eigenvalue weighted by Gasteiger charge is 2.18. The molecular formula is C17H17O2. The average Bonchev–Trinajstić information content (AvgIpc) is 2.95. The molecular weight excluding hydrogens is 236 g/mol. The second kappa shape index (κ2) is 5.79. The number of para-hydroxylation sites is 1. The van der Waals surface area contributed by atoms with Crippen LogP contribution in [0.4, 0.5) is 0 Å². The van der Waals surface area contributed by atoms with Crippen LogP contribution in [0, 0.1) is 6.07 Å². The van der Waals surface area contributed by atoms with E-state index < -0.39 is 0 Å². The zero-order valence-electron chi connectivity index (χ0n) is 10.8. The molecule has 0 atom stereocenters. The maximum absolute atomic E-state index is 6.02. The normalized spacial score (nSPS) is 15.4. The first kappa shape index (κ1) is 12.1. The van der Waals surface area contributed by atoms with Gasteiger partial charge in [-0.25, -0.2) is 0 Å². The van der Waals surface area contributed by atoms with Gasteiger partial charge in [0.2, 0.25) is 0 Å². The van der Waals surface area contributed by atoms with Crippen molar-refractivity contribution in [3.8, 4) is 17.2 Å². The van der Waals surface area contributed by atoms with E-state index in [9.17, 15) is 0 Å². The Morgan fingerprint density at radius 2 is 1.74 bits per heavy atom. The van der Waals surface area contributed by atoms with Gasteiger partial charge in [0.1, 0.15) is 5.75 Å². The summed E-state index contributed by atoms with van der Waals surface area (Å²) in [7, 11) is 0. The van der Waals surface area contributed by atoms with Crippen LogP contribution in [0.25, 0.3) is 0 Å². The van der Waals surface area contributed by atoms with Crippen LogP contribution in [0.2, 0.25) is 0 Å². The van der Waals surface area contributed by atoms with Crippen LogP contribution < -0.4 is 9.47 Å². The number of rotatable bonds is 4. The first-order valence-corrected chi connectivity index (χ1v) is 6.81. The Kier molecular flexibility index (Phi) is 3.68. The van der Waals surface area contributed by atoms with Gasteiger partial charge >= 0.3 is 0 Å². The smallest absolute Gasteiger partial charge is 0.169 e. The van der Waals surface area contributed by atoms with Crippen LogP contribution in [0.5, 0.6) is 17.2 Å². The number of ether oxygens (including phenoxy) is 2. The highest BCUT2D eigenvalue weighted by Crippen LogP contribution is 2.33. The average molecular weight is 253 g/mol. The molecule has 0 spiro atoms. The van der Waals surface area contributed by atoms with E-state index in [0.29, 0.717) is 6.10 Å². The van der Waals surface area contributed by atoms with E-state index in [2.05, 4.69) is 6.07 Å². The molecule has 1 aliphatic carbocycles. The van der Waals surface area contributed by atoms with E-state index in [-0.39, 0.29) is 0 Å². The van der Waals surface area contributed by atoms with Gasteiger partial charge in [0.25, 0.3) is 0 Å². The second-order valence-corrected chi connectivity index (χ2v) is 4.81. The van der Waals surface area contributed by atoms with Gasteiger partial charge in [0, 0.05) is 0 Å². The van der Waals surface area contributed by atoms with Crippen LogP contribution in [-0.2, 0) is 0 Å². The SMILES string of the molecule is [c]1ccc(Oc2ccccc2)c(OC2CCCC2)c1. The van der Waals surface area contributed by atoms with Gasteiger partial charge in [-0.3, -0.25) is 0 Å². The van der Waals surface area contributed by atoms with Crippen LogP contribution in [-0.4, -0.2) is 6.10 Å². The summed E-state index contributed by atoms with van der Waals surface area (Å²) >= 11 is 0. The van der Waals surface area contributed by atoms with E-state index >= 15 is 0 Å². The van der Waals surface area contributed by atoms with Crippen molar-refractivity contribution in [1.82, 2.24) is 0 Å². The van der Waals surface area contributed by atoms with E-state index in [4.69, 9.17) is 9.47 Å². The highest BCUT2D eigenvalue weighted by molar-refractivity contribution is 5.42. The van der Waals surface area contributed by atoms with Crippen molar-refractivity contribution in [3.63, 3.8) is 0 Å². The molecule has 0 aromatic heterocycles. The molecule has 0 unspecified atom stereocenters. The fourth-order valence-corrected chi connectivity index (χ4v) is 2.38. The lowest BCUT2D eigenvalue weighted by Crippen LogP contribution is -2.11. The van der Waals surface area contributed by atoms with Gasteiger partial charge in [-0.05, 0) is 56.0 Å². The minimum absolute atomic E-state index is 0.328. The quantitative estimate of drug-likeness (QED) is 0.792. The maximum atomic E-state index is 6.02. The summed E-state index contributed by atoms with van der Waals surface area (Å²) in [5.41, 5.74) is 0. The molecule has 1 aliphatic rings. The number of hydrogen-bond acceptors (Lipinski definition) is 2. The van der Waals surface area contributed by atoms with Crippen molar-refractivity contribution in [1.29, 1.82) is 0 Å². The van der Waals surface area contributed by atoms with Gasteiger partial charge in [0.05, 0.1) is 6.10 Å². The van der Waals surface area contributed by atoms with Crippen molar-refractivity contribution in [2.75, 3.05) is 0 Å². The molecule has 0 saturated heterocycles. The first-order chi connectivity index (χ1) is 9.42. The zero-order chi connectivity index (χ0) is 12.9. The summed E-state index contributed by atoms with van der Waals surface area (Å²) in [4.78, 5) is 0. The Bertz CT molecular complexity index is 516. The lowest BCUT2D eigenvalue weighted by atomic mass is 10.3. The van der Waals surface area contributed by atoms with Gasteiger partial charge < -0.3 is 9.47 Å². The molecule has 2 aromatic rings. The van der Waals surface area contributed by atoms with E-state index in [1.54, 1.807) is 0 Å². The van der Waals surface area contributed by atoms with Gasteiger partial charge in [-0.1, -0.05) is 24.3 Å². The van der Waals surface area contributed by atoms with Gasteiger partial charge in [-0.15, -0.1) is 0 Å². The summed E-state index contributed by atoms with van der Waals surface area (Å²) < 4.78 is 11.9. The lowest BCUT2D eigenvalue weighted by molar-refractivity contribution is 0.203. The van der Waals surface area contributed by atoms with E-state index in [1.807, 2.05) is 48.5 Å². The number of hydrogen-bond donors (Lipinski definition) is 0. The summed E-state index contributed by atoms with van der Waals surface area (Å²) in [5.74, 6) is 2.38. The monoisotopic (exact) mass is 253 g/mol. The molecule has 0 heterocycles. The summed E-state index contributed by atoms with van der Waals surface area (Å²) in [6.45, 7) is 0. The fourth-order valence-electron chi connectivity index (χ4n) is 2.38. The van der Waals surface area contributed by atoms with Gasteiger partial charge in [-0.2, -0.15) is 0 Å². The minimum Gasteiger partial charge on any atom is -0.486 e. The Labute approximate surface area is 114 Å². The van der Waals surface area contributed by atoms with Crippen LogP contribution >= 0.6 is 0 Å². The Morgan fingerprint density at radius 1 is 0.947 bits per heavy atom. The van der Waals surface area contributed by atoms with Crippen molar-refractivity contribution >= 4 is 0 Å². The fraction of sp³-hybridized carbons (Fsp3) is 0.294. The molecule has 1 saturated carbocycles. The van der Waals surface area contributed by atoms with Crippen LogP contribution in [0.15, 0.2) is 48.5 Å². The third kappa shape index (κ3) is 3.08. The van der Waals surface area contributed by atoms with Crippen molar-refractivity contribution in [2.45, 2.75) is 31.8 Å². The molecule has 1 fully saturated rings. The summed E-state index contributed by atoms with van der Waals surface area (Å²) in [6, 6.07) is 18.4. The minimum atomic E-state index is 0.328. The Morgan fingerprint density at radius 3 is 2.53 bits per heavy atom. The predicted octanol–water partition coefficient (Wildman–Crippen LogP) is 4.60. The Balaban J connectivity index is 1.77. The van der Waals surface area contributed by atoms with Crippen molar-refractivity contribution in [3.05, 3.63) is 54.6 Å². The molecule has 3 rings (SSSR count). The molecule has 0 bridgehead atoms. The zero-order valence-corrected chi connectivity index (χ0v) is 10.8. The molecule has 0 aliphatic heterocycles. The predicted molar refractivity (Wildman–Crippen MR) is 74.7 cm³/mol. The van der Waals surface area contributed by atoms with E-state index in [0.717, 1.165) is 30.1 Å². The molecule has 2 aromatic carbocycles. The topological polar surface area (TPSA) is 18.5 Å². The third-order valence-electron chi connectivity index (χ3n) is 3.36. The molecule has 1 radical (unpaired) electrons. The molecule has 0 N–H and O–H groups in total. The van der Waals surface area contributed by atoms with Crippen molar-refractivity contribution in [2.24, 2.45) is 0 Å².